The first-order valence-electron chi connectivity index (χ1n) is 8.37. The number of benzene rings is 3. The van der Waals surface area contributed by atoms with Crippen LogP contribution in [-0.4, -0.2) is 18.7 Å². The number of hydrogen-bond acceptors (Lipinski definition) is 1. The molecule has 0 spiro atoms. The molecule has 24 heavy (non-hydrogen) atoms. The fraction of sp³-hybridized carbons (Fsp3) is 0.182. The molecule has 0 radical (unpaired) electrons. The molecule has 4 rings (SSSR count). The molecule has 0 aliphatic carbocycles. The molecule has 1 aromatic heterocycles. The molecule has 0 amide bonds. The van der Waals surface area contributed by atoms with Crippen molar-refractivity contribution in [3.05, 3.63) is 77.9 Å². The quantitative estimate of drug-likeness (QED) is 0.503. The second-order valence-electron chi connectivity index (χ2n) is 6.68. The molecule has 0 aliphatic rings. The Morgan fingerprint density at radius 2 is 1.50 bits per heavy atom. The zero-order valence-corrected chi connectivity index (χ0v) is 14.5. The first-order chi connectivity index (χ1) is 11.6. The molecule has 0 atom stereocenters. The van der Waals surface area contributed by atoms with Crippen LogP contribution in [0, 0.1) is 6.92 Å². The second kappa shape index (κ2) is 5.72. The lowest BCUT2D eigenvalue weighted by Crippen LogP contribution is -2.08. The molecule has 4 aromatic rings. The number of anilines is 1. The number of fused-ring (bicyclic) bond motifs is 3. The van der Waals surface area contributed by atoms with Gasteiger partial charge < -0.3 is 9.47 Å². The fourth-order valence-corrected chi connectivity index (χ4v) is 3.42. The Labute approximate surface area is 142 Å². The van der Waals surface area contributed by atoms with Gasteiger partial charge in [0.05, 0.1) is 0 Å². The van der Waals surface area contributed by atoms with E-state index in [1.54, 1.807) is 0 Å². The van der Waals surface area contributed by atoms with Crippen LogP contribution < -0.4 is 4.90 Å². The molecule has 2 nitrogen and oxygen atoms in total. The minimum Gasteiger partial charge on any atom is -0.378 e. The van der Waals surface area contributed by atoms with E-state index >= 15 is 0 Å². The van der Waals surface area contributed by atoms with Crippen LogP contribution >= 0.6 is 0 Å². The lowest BCUT2D eigenvalue weighted by atomic mass is 10.1. The number of rotatable bonds is 3. The Kier molecular flexibility index (Phi) is 3.53. The van der Waals surface area contributed by atoms with E-state index < -0.39 is 0 Å². The van der Waals surface area contributed by atoms with E-state index in [1.165, 1.54) is 38.6 Å². The van der Waals surface area contributed by atoms with Crippen molar-refractivity contribution in [2.75, 3.05) is 19.0 Å². The largest absolute Gasteiger partial charge is 0.378 e. The zero-order valence-electron chi connectivity index (χ0n) is 14.5. The van der Waals surface area contributed by atoms with Gasteiger partial charge in [-0.1, -0.05) is 42.0 Å². The number of nitrogens with zero attached hydrogens (tertiary/aromatic N) is 2. The van der Waals surface area contributed by atoms with Crippen LogP contribution in [0.15, 0.2) is 66.7 Å². The summed E-state index contributed by atoms with van der Waals surface area (Å²) in [4.78, 5) is 2.13. The average Bonchev–Trinajstić information content (AvgIpc) is 2.89. The third kappa shape index (κ3) is 2.44. The fourth-order valence-electron chi connectivity index (χ4n) is 3.42. The maximum Gasteiger partial charge on any atom is 0.0494 e. The number of aromatic nitrogens is 1. The molecule has 0 aliphatic heterocycles. The van der Waals surface area contributed by atoms with Crippen molar-refractivity contribution in [3.8, 4) is 0 Å². The molecule has 0 N–H and O–H groups in total. The van der Waals surface area contributed by atoms with Crippen molar-refractivity contribution in [2.45, 2.75) is 13.5 Å². The Bertz CT molecular complexity index is 1010. The van der Waals surface area contributed by atoms with E-state index in [0.717, 1.165) is 6.54 Å². The highest BCUT2D eigenvalue weighted by Crippen LogP contribution is 2.30. The third-order valence-corrected chi connectivity index (χ3v) is 4.72. The lowest BCUT2D eigenvalue weighted by molar-refractivity contribution is 0.868. The zero-order chi connectivity index (χ0) is 16.7. The van der Waals surface area contributed by atoms with Crippen LogP contribution in [0.25, 0.3) is 21.8 Å². The van der Waals surface area contributed by atoms with E-state index in [4.69, 9.17) is 0 Å². The third-order valence-electron chi connectivity index (χ3n) is 4.72. The van der Waals surface area contributed by atoms with Gasteiger partial charge in [-0.25, -0.2) is 0 Å². The predicted molar refractivity (Wildman–Crippen MR) is 104 cm³/mol. The average molecular weight is 314 g/mol. The van der Waals surface area contributed by atoms with Gasteiger partial charge in [-0.3, -0.25) is 0 Å². The van der Waals surface area contributed by atoms with E-state index in [1.807, 2.05) is 0 Å². The van der Waals surface area contributed by atoms with Crippen LogP contribution in [0.2, 0.25) is 0 Å². The van der Waals surface area contributed by atoms with Crippen LogP contribution in [0.3, 0.4) is 0 Å². The van der Waals surface area contributed by atoms with E-state index in [0.29, 0.717) is 0 Å². The maximum absolute atomic E-state index is 2.43. The normalized spacial score (nSPS) is 11.3. The summed E-state index contributed by atoms with van der Waals surface area (Å²) in [7, 11) is 4.15. The Hall–Kier alpha value is -2.74. The summed E-state index contributed by atoms with van der Waals surface area (Å²) in [6.45, 7) is 3.05. The first-order valence-corrected chi connectivity index (χ1v) is 8.37. The monoisotopic (exact) mass is 314 g/mol. The van der Waals surface area contributed by atoms with Gasteiger partial charge in [-0.05, 0) is 42.8 Å². The molecule has 0 saturated heterocycles. The molecule has 1 heterocycles. The van der Waals surface area contributed by atoms with Crippen molar-refractivity contribution in [1.82, 2.24) is 4.57 Å². The summed E-state index contributed by atoms with van der Waals surface area (Å²) in [6.07, 6.45) is 0. The molecule has 0 unspecified atom stereocenters. The van der Waals surface area contributed by atoms with E-state index in [2.05, 4.69) is 97.2 Å². The Balaban J connectivity index is 1.85. The maximum atomic E-state index is 2.43. The summed E-state index contributed by atoms with van der Waals surface area (Å²) in [5, 5.41) is 2.68. The summed E-state index contributed by atoms with van der Waals surface area (Å²) < 4.78 is 2.43. The minimum atomic E-state index is 0.890. The van der Waals surface area contributed by atoms with Crippen molar-refractivity contribution in [2.24, 2.45) is 0 Å². The lowest BCUT2D eigenvalue weighted by Gasteiger charge is -2.13. The van der Waals surface area contributed by atoms with Gasteiger partial charge in [0.25, 0.3) is 0 Å². The van der Waals surface area contributed by atoms with Crippen molar-refractivity contribution < 1.29 is 0 Å². The van der Waals surface area contributed by atoms with Crippen LogP contribution in [0.4, 0.5) is 5.69 Å². The van der Waals surface area contributed by atoms with Crippen LogP contribution in [-0.2, 0) is 6.54 Å². The summed E-state index contributed by atoms with van der Waals surface area (Å²) >= 11 is 0. The first kappa shape index (κ1) is 14.8. The summed E-state index contributed by atoms with van der Waals surface area (Å²) in [6, 6.07) is 24.3. The van der Waals surface area contributed by atoms with Crippen molar-refractivity contribution >= 4 is 27.5 Å². The van der Waals surface area contributed by atoms with Gasteiger partial charge in [-0.2, -0.15) is 0 Å². The standard InChI is InChI=1S/C22H22N2/c1-16-8-13-22-20(14-16)19-6-4-5-7-21(19)24(22)15-17-9-11-18(12-10-17)23(2)3/h4-14H,15H2,1-3H3. The molecular formula is C22H22N2. The summed E-state index contributed by atoms with van der Waals surface area (Å²) in [5.41, 5.74) is 6.47. The Morgan fingerprint density at radius 1 is 0.792 bits per heavy atom. The van der Waals surface area contributed by atoms with Gasteiger partial charge in [0.15, 0.2) is 0 Å². The molecule has 120 valence electrons. The van der Waals surface area contributed by atoms with Crippen LogP contribution in [0.1, 0.15) is 11.1 Å². The highest BCUT2D eigenvalue weighted by Gasteiger charge is 2.10. The SMILES string of the molecule is Cc1ccc2c(c1)c1ccccc1n2Cc1ccc(N(C)C)cc1. The van der Waals surface area contributed by atoms with Crippen molar-refractivity contribution in [1.29, 1.82) is 0 Å². The number of aryl methyl sites for hydroxylation is 1. The molecule has 0 fully saturated rings. The van der Waals surface area contributed by atoms with Gasteiger partial charge in [0.1, 0.15) is 0 Å². The van der Waals surface area contributed by atoms with Crippen LogP contribution in [0.5, 0.6) is 0 Å². The smallest absolute Gasteiger partial charge is 0.0494 e. The topological polar surface area (TPSA) is 8.17 Å². The number of para-hydroxylation sites is 1. The highest BCUT2D eigenvalue weighted by molar-refractivity contribution is 6.08. The summed E-state index contributed by atoms with van der Waals surface area (Å²) in [5.74, 6) is 0. The van der Waals surface area contributed by atoms with Gasteiger partial charge in [-0.15, -0.1) is 0 Å². The molecular weight excluding hydrogens is 292 g/mol. The highest BCUT2D eigenvalue weighted by atomic mass is 15.1. The molecule has 0 bridgehead atoms. The van der Waals surface area contributed by atoms with Gasteiger partial charge >= 0.3 is 0 Å². The molecule has 0 saturated carbocycles. The van der Waals surface area contributed by atoms with E-state index in [9.17, 15) is 0 Å². The van der Waals surface area contributed by atoms with Gasteiger partial charge in [0, 0.05) is 48.1 Å². The molecule has 2 heteroatoms. The van der Waals surface area contributed by atoms with Gasteiger partial charge in [0.2, 0.25) is 0 Å². The van der Waals surface area contributed by atoms with E-state index in [-0.39, 0.29) is 0 Å². The number of hydrogen-bond donors (Lipinski definition) is 0. The Morgan fingerprint density at radius 3 is 2.25 bits per heavy atom. The molecule has 3 aromatic carbocycles. The predicted octanol–water partition coefficient (Wildman–Crippen LogP) is 5.22. The second-order valence-corrected chi connectivity index (χ2v) is 6.68. The van der Waals surface area contributed by atoms with Crippen molar-refractivity contribution in [3.63, 3.8) is 0 Å². The minimum absolute atomic E-state index is 0.890.